The van der Waals surface area contributed by atoms with Crippen LogP contribution in [0.3, 0.4) is 0 Å². The van der Waals surface area contributed by atoms with Crippen molar-refractivity contribution in [3.63, 3.8) is 0 Å². The summed E-state index contributed by atoms with van der Waals surface area (Å²) in [6, 6.07) is 9.00. The van der Waals surface area contributed by atoms with Gasteiger partial charge >= 0.3 is 0 Å². The highest BCUT2D eigenvalue weighted by molar-refractivity contribution is 5.29. The Hall–Kier alpha value is -0.780. The van der Waals surface area contributed by atoms with Crippen molar-refractivity contribution in [3.05, 3.63) is 35.4 Å². The Morgan fingerprint density at radius 2 is 1.29 bits per heavy atom. The summed E-state index contributed by atoms with van der Waals surface area (Å²) in [7, 11) is 0. The lowest BCUT2D eigenvalue weighted by atomic mass is 9.85. The highest BCUT2D eigenvalue weighted by Gasteiger charge is 2.13. The predicted molar refractivity (Wildman–Crippen MR) is 75.5 cm³/mol. The Balaban J connectivity index is 2.03. The Labute approximate surface area is 106 Å². The molecule has 0 spiro atoms. The molecule has 0 nitrogen and oxygen atoms in total. The molecule has 0 heterocycles. The number of rotatable bonds is 1. The molecule has 0 N–H and O–H groups in total. The van der Waals surface area contributed by atoms with Crippen molar-refractivity contribution in [2.24, 2.45) is 0 Å². The molecule has 17 heavy (non-hydrogen) atoms. The molecule has 1 saturated carbocycles. The van der Waals surface area contributed by atoms with E-state index in [9.17, 15) is 0 Å². The van der Waals surface area contributed by atoms with E-state index in [1.165, 1.54) is 63.4 Å². The Kier molecular flexibility index (Phi) is 5.09. The van der Waals surface area contributed by atoms with Gasteiger partial charge in [0.05, 0.1) is 0 Å². The second kappa shape index (κ2) is 6.83. The topological polar surface area (TPSA) is 0 Å². The fourth-order valence-corrected chi connectivity index (χ4v) is 3.17. The molecule has 94 valence electrons. The lowest BCUT2D eigenvalue weighted by molar-refractivity contribution is 0.462. The van der Waals surface area contributed by atoms with Gasteiger partial charge in [0, 0.05) is 0 Å². The van der Waals surface area contributed by atoms with E-state index in [0.717, 1.165) is 5.92 Å². The van der Waals surface area contributed by atoms with Crippen molar-refractivity contribution in [1.29, 1.82) is 0 Å². The normalized spacial score (nSPS) is 20.1. The molecule has 0 heteroatoms. The molecule has 0 bridgehead atoms. The fraction of sp³-hybridized carbons (Fsp3) is 0.647. The number of hydrogen-bond donors (Lipinski definition) is 0. The van der Waals surface area contributed by atoms with Crippen molar-refractivity contribution >= 4 is 0 Å². The Morgan fingerprint density at radius 1 is 0.765 bits per heavy atom. The molecule has 1 fully saturated rings. The molecule has 0 aliphatic heterocycles. The molecule has 1 aromatic rings. The van der Waals surface area contributed by atoms with Crippen LogP contribution in [0.25, 0.3) is 0 Å². The summed E-state index contributed by atoms with van der Waals surface area (Å²) < 4.78 is 0. The smallest absolute Gasteiger partial charge is 0.0159 e. The quantitative estimate of drug-likeness (QED) is 0.589. The molecule has 1 aromatic carbocycles. The van der Waals surface area contributed by atoms with Gasteiger partial charge in [-0.15, -0.1) is 0 Å². The predicted octanol–water partition coefficient (Wildman–Crippen LogP) is 5.60. The van der Waals surface area contributed by atoms with Gasteiger partial charge in [-0.2, -0.15) is 0 Å². The van der Waals surface area contributed by atoms with Crippen LogP contribution in [-0.2, 0) is 0 Å². The summed E-state index contributed by atoms with van der Waals surface area (Å²) in [6.07, 6.45) is 13.0. The fourth-order valence-electron chi connectivity index (χ4n) is 3.17. The molecule has 0 aromatic heterocycles. The number of benzene rings is 1. The third-order valence-electron chi connectivity index (χ3n) is 4.23. The van der Waals surface area contributed by atoms with E-state index in [4.69, 9.17) is 0 Å². The molecule has 0 saturated heterocycles. The van der Waals surface area contributed by atoms with Gasteiger partial charge in [0.2, 0.25) is 0 Å². The first-order chi connectivity index (χ1) is 8.38. The van der Waals surface area contributed by atoms with Crippen molar-refractivity contribution in [2.75, 3.05) is 0 Å². The van der Waals surface area contributed by atoms with E-state index in [0.29, 0.717) is 0 Å². The van der Waals surface area contributed by atoms with Crippen LogP contribution in [-0.4, -0.2) is 0 Å². The van der Waals surface area contributed by atoms with Gasteiger partial charge in [0.1, 0.15) is 0 Å². The summed E-state index contributed by atoms with van der Waals surface area (Å²) in [5.41, 5.74) is 3.11. The molecule has 0 amide bonds. The monoisotopic (exact) mass is 230 g/mol. The number of aryl methyl sites for hydroxylation is 1. The standard InChI is InChI=1S/C17H26/c1-15-11-9-10-14-17(15)16-12-7-5-3-2-4-6-8-13-16/h9-11,14,16H,2-8,12-13H2,1H3. The van der Waals surface area contributed by atoms with Crippen LogP contribution in [0.5, 0.6) is 0 Å². The lowest BCUT2D eigenvalue weighted by Gasteiger charge is -2.20. The first-order valence-electron chi connectivity index (χ1n) is 7.43. The van der Waals surface area contributed by atoms with Gasteiger partial charge in [-0.1, -0.05) is 69.2 Å². The first-order valence-corrected chi connectivity index (χ1v) is 7.43. The van der Waals surface area contributed by atoms with Gasteiger partial charge in [-0.25, -0.2) is 0 Å². The molecular weight excluding hydrogens is 204 g/mol. The largest absolute Gasteiger partial charge is 0.0620 e. The minimum absolute atomic E-state index is 0.828. The zero-order chi connectivity index (χ0) is 11.9. The van der Waals surface area contributed by atoms with Crippen LogP contribution < -0.4 is 0 Å². The second-order valence-electron chi connectivity index (χ2n) is 5.61. The summed E-state index contributed by atoms with van der Waals surface area (Å²) in [5, 5.41) is 0. The van der Waals surface area contributed by atoms with E-state index >= 15 is 0 Å². The number of hydrogen-bond acceptors (Lipinski definition) is 0. The minimum atomic E-state index is 0.828. The summed E-state index contributed by atoms with van der Waals surface area (Å²) in [6.45, 7) is 2.27. The summed E-state index contributed by atoms with van der Waals surface area (Å²) >= 11 is 0. The molecule has 0 unspecified atom stereocenters. The van der Waals surface area contributed by atoms with Gasteiger partial charge in [0.15, 0.2) is 0 Å². The van der Waals surface area contributed by atoms with Crippen molar-refractivity contribution in [3.8, 4) is 0 Å². The zero-order valence-electron chi connectivity index (χ0n) is 11.3. The Bertz CT molecular complexity index is 317. The molecular formula is C17H26. The molecule has 2 rings (SSSR count). The van der Waals surface area contributed by atoms with Gasteiger partial charge < -0.3 is 0 Å². The van der Waals surface area contributed by atoms with Crippen LogP contribution >= 0.6 is 0 Å². The molecule has 0 atom stereocenters. The molecule has 1 aliphatic rings. The SMILES string of the molecule is Cc1ccccc1C1CCCCCCCCC1. The lowest BCUT2D eigenvalue weighted by Crippen LogP contribution is -2.03. The van der Waals surface area contributed by atoms with Crippen LogP contribution in [0.2, 0.25) is 0 Å². The van der Waals surface area contributed by atoms with E-state index in [1.54, 1.807) is 5.56 Å². The van der Waals surface area contributed by atoms with Crippen LogP contribution in [0.4, 0.5) is 0 Å². The van der Waals surface area contributed by atoms with Crippen LogP contribution in [0, 0.1) is 6.92 Å². The summed E-state index contributed by atoms with van der Waals surface area (Å²) in [5.74, 6) is 0.828. The maximum atomic E-state index is 2.35. The van der Waals surface area contributed by atoms with Gasteiger partial charge in [-0.3, -0.25) is 0 Å². The highest BCUT2D eigenvalue weighted by atomic mass is 14.2. The van der Waals surface area contributed by atoms with E-state index in [2.05, 4.69) is 31.2 Å². The maximum Gasteiger partial charge on any atom is -0.0159 e. The van der Waals surface area contributed by atoms with Gasteiger partial charge in [0.25, 0.3) is 0 Å². The maximum absolute atomic E-state index is 2.35. The minimum Gasteiger partial charge on any atom is -0.0620 e. The third kappa shape index (κ3) is 3.87. The average molecular weight is 230 g/mol. The first kappa shape index (κ1) is 12.7. The second-order valence-corrected chi connectivity index (χ2v) is 5.61. The average Bonchev–Trinajstić information content (AvgIpc) is 2.37. The van der Waals surface area contributed by atoms with Gasteiger partial charge in [-0.05, 0) is 36.8 Å². The Morgan fingerprint density at radius 3 is 1.88 bits per heavy atom. The molecule has 0 radical (unpaired) electrons. The van der Waals surface area contributed by atoms with Crippen molar-refractivity contribution in [1.82, 2.24) is 0 Å². The van der Waals surface area contributed by atoms with Crippen LogP contribution in [0.15, 0.2) is 24.3 Å². The van der Waals surface area contributed by atoms with Crippen molar-refractivity contribution in [2.45, 2.75) is 70.6 Å². The highest BCUT2D eigenvalue weighted by Crippen LogP contribution is 2.31. The van der Waals surface area contributed by atoms with Crippen LogP contribution in [0.1, 0.15) is 74.8 Å². The zero-order valence-corrected chi connectivity index (χ0v) is 11.3. The van der Waals surface area contributed by atoms with E-state index in [-0.39, 0.29) is 0 Å². The van der Waals surface area contributed by atoms with Crippen molar-refractivity contribution < 1.29 is 0 Å². The third-order valence-corrected chi connectivity index (χ3v) is 4.23. The van der Waals surface area contributed by atoms with E-state index in [1.807, 2.05) is 0 Å². The van der Waals surface area contributed by atoms with E-state index < -0.39 is 0 Å². The summed E-state index contributed by atoms with van der Waals surface area (Å²) in [4.78, 5) is 0. The molecule has 1 aliphatic carbocycles.